The molecular formula is C36H44N4O3. The Morgan fingerprint density at radius 3 is 2.37 bits per heavy atom. The Labute approximate surface area is 255 Å². The average molecular weight is 581 g/mol. The van der Waals surface area contributed by atoms with Crippen molar-refractivity contribution in [3.05, 3.63) is 83.4 Å². The molecule has 1 spiro atoms. The zero-order valence-electron chi connectivity index (χ0n) is 25.5. The number of benzene rings is 3. The van der Waals surface area contributed by atoms with E-state index in [1.807, 2.05) is 43.3 Å². The van der Waals surface area contributed by atoms with Gasteiger partial charge in [0.15, 0.2) is 0 Å². The summed E-state index contributed by atoms with van der Waals surface area (Å²) in [5.41, 5.74) is 3.34. The highest BCUT2D eigenvalue weighted by molar-refractivity contribution is 5.90. The van der Waals surface area contributed by atoms with Gasteiger partial charge in [-0.1, -0.05) is 86.0 Å². The van der Waals surface area contributed by atoms with Crippen LogP contribution in [0.15, 0.2) is 66.7 Å². The Kier molecular flexibility index (Phi) is 8.42. The van der Waals surface area contributed by atoms with E-state index in [2.05, 4.69) is 53.1 Å². The summed E-state index contributed by atoms with van der Waals surface area (Å²) >= 11 is 0. The lowest BCUT2D eigenvalue weighted by molar-refractivity contribution is -0.135. The van der Waals surface area contributed by atoms with Crippen molar-refractivity contribution >= 4 is 28.6 Å². The lowest BCUT2D eigenvalue weighted by Gasteiger charge is -2.41. The standard InChI is InChI=1S/C36H44N4O3/c1-39(2)33(41)30-24-36(31-18-9-8-17-29(30)31)19-21-40(22-20-36)34(42)32(38-35(43)37-27-14-4-3-5-15-27)23-26-13-10-12-25-11-6-7-16-28(25)26/h6-13,16-18,27,30,32H,3-5,14-15,19-24H2,1-2H3,(H2,37,38,43)/t30-,32?/m1/s1. The number of hydrogen-bond acceptors (Lipinski definition) is 3. The van der Waals surface area contributed by atoms with Crippen molar-refractivity contribution in [1.82, 2.24) is 20.4 Å². The van der Waals surface area contributed by atoms with Gasteiger partial charge >= 0.3 is 6.03 Å². The van der Waals surface area contributed by atoms with Gasteiger partial charge in [-0.05, 0) is 59.6 Å². The minimum atomic E-state index is -0.664. The summed E-state index contributed by atoms with van der Waals surface area (Å²) in [4.78, 5) is 44.2. The van der Waals surface area contributed by atoms with Gasteiger partial charge in [0.05, 0.1) is 5.92 Å². The Hall–Kier alpha value is -3.87. The lowest BCUT2D eigenvalue weighted by Crippen LogP contribution is -2.56. The molecule has 0 aromatic heterocycles. The minimum Gasteiger partial charge on any atom is -0.348 e. The first kappa shape index (κ1) is 29.2. The molecule has 3 aromatic carbocycles. The fourth-order valence-corrected chi connectivity index (χ4v) is 7.80. The number of hydrogen-bond donors (Lipinski definition) is 2. The van der Waals surface area contributed by atoms with E-state index in [4.69, 9.17) is 0 Å². The summed E-state index contributed by atoms with van der Waals surface area (Å²) < 4.78 is 0. The number of carbonyl (C=O) groups excluding carboxylic acids is 3. The smallest absolute Gasteiger partial charge is 0.315 e. The van der Waals surface area contributed by atoms with E-state index in [9.17, 15) is 14.4 Å². The fraction of sp³-hybridized carbons (Fsp3) is 0.472. The molecule has 1 heterocycles. The second-order valence-corrected chi connectivity index (χ2v) is 13.0. The van der Waals surface area contributed by atoms with Crippen LogP contribution in [0.2, 0.25) is 0 Å². The first-order chi connectivity index (χ1) is 20.8. The third-order valence-electron chi connectivity index (χ3n) is 10.1. The maximum atomic E-state index is 14.2. The van der Waals surface area contributed by atoms with Gasteiger partial charge in [-0.25, -0.2) is 4.79 Å². The Morgan fingerprint density at radius 2 is 1.60 bits per heavy atom. The molecule has 0 radical (unpaired) electrons. The van der Waals surface area contributed by atoms with E-state index in [-0.39, 0.29) is 35.2 Å². The zero-order chi connectivity index (χ0) is 30.0. The van der Waals surface area contributed by atoms with Gasteiger partial charge in [-0.15, -0.1) is 0 Å². The molecular weight excluding hydrogens is 536 g/mol. The highest BCUT2D eigenvalue weighted by Gasteiger charge is 2.48. The van der Waals surface area contributed by atoms with Gasteiger partial charge in [-0.3, -0.25) is 9.59 Å². The molecule has 7 heteroatoms. The van der Waals surface area contributed by atoms with Crippen molar-refractivity contribution in [2.75, 3.05) is 27.2 Å². The van der Waals surface area contributed by atoms with Gasteiger partial charge in [0.2, 0.25) is 11.8 Å². The summed E-state index contributed by atoms with van der Waals surface area (Å²) in [5, 5.41) is 8.47. The molecule has 0 bridgehead atoms. The van der Waals surface area contributed by atoms with Gasteiger partial charge in [0.25, 0.3) is 0 Å². The maximum absolute atomic E-state index is 14.2. The SMILES string of the molecule is CN(C)C(=O)[C@@H]1CC2(CCN(C(=O)C(Cc3cccc4ccccc34)NC(=O)NC3CCCCC3)CC2)c2ccccc21. The second kappa shape index (κ2) is 12.4. The Morgan fingerprint density at radius 1 is 0.907 bits per heavy atom. The van der Waals surface area contributed by atoms with E-state index in [1.54, 1.807) is 4.90 Å². The number of rotatable bonds is 6. The molecule has 4 amide bonds. The van der Waals surface area contributed by atoms with Crippen molar-refractivity contribution in [1.29, 1.82) is 0 Å². The largest absolute Gasteiger partial charge is 0.348 e. The third-order valence-corrected chi connectivity index (χ3v) is 10.1. The number of likely N-dealkylation sites (N-methyl/N-ethyl adjacent to an activating group) is 1. The molecule has 1 unspecified atom stereocenters. The van der Waals surface area contributed by atoms with E-state index >= 15 is 0 Å². The topological polar surface area (TPSA) is 81.8 Å². The van der Waals surface area contributed by atoms with E-state index < -0.39 is 6.04 Å². The van der Waals surface area contributed by atoms with Crippen molar-refractivity contribution in [3.63, 3.8) is 0 Å². The van der Waals surface area contributed by atoms with Crippen molar-refractivity contribution < 1.29 is 14.4 Å². The number of carbonyl (C=O) groups is 3. The Bertz CT molecular complexity index is 1480. The first-order valence-corrected chi connectivity index (χ1v) is 16.0. The molecule has 3 aromatic rings. The van der Waals surface area contributed by atoms with Gasteiger partial charge in [0.1, 0.15) is 6.04 Å². The molecule has 1 saturated heterocycles. The molecule has 6 rings (SSSR count). The normalized spacial score (nSPS) is 20.4. The number of amides is 4. The number of urea groups is 1. The molecule has 2 aliphatic carbocycles. The molecule has 2 atom stereocenters. The van der Waals surface area contributed by atoms with Crippen LogP contribution in [0.4, 0.5) is 4.79 Å². The van der Waals surface area contributed by atoms with Crippen LogP contribution in [0.5, 0.6) is 0 Å². The van der Waals surface area contributed by atoms with Gasteiger partial charge < -0.3 is 20.4 Å². The molecule has 1 saturated carbocycles. The summed E-state index contributed by atoms with van der Waals surface area (Å²) in [6.07, 6.45) is 8.28. The van der Waals surface area contributed by atoms with Crippen molar-refractivity contribution in [3.8, 4) is 0 Å². The monoisotopic (exact) mass is 580 g/mol. The number of piperidine rings is 1. The lowest BCUT2D eigenvalue weighted by atomic mass is 9.73. The van der Waals surface area contributed by atoms with E-state index in [0.717, 1.165) is 66.8 Å². The molecule has 226 valence electrons. The van der Waals surface area contributed by atoms with Crippen LogP contribution in [0.1, 0.15) is 74.0 Å². The summed E-state index contributed by atoms with van der Waals surface area (Å²) in [6, 6.07) is 22.0. The first-order valence-electron chi connectivity index (χ1n) is 16.0. The molecule has 2 N–H and O–H groups in total. The summed E-state index contributed by atoms with van der Waals surface area (Å²) in [6.45, 7) is 1.21. The summed E-state index contributed by atoms with van der Waals surface area (Å²) in [7, 11) is 3.65. The van der Waals surface area contributed by atoms with Gasteiger partial charge in [-0.2, -0.15) is 0 Å². The molecule has 2 fully saturated rings. The van der Waals surface area contributed by atoms with E-state index in [0.29, 0.717) is 19.5 Å². The summed E-state index contributed by atoms with van der Waals surface area (Å²) in [5.74, 6) is -0.0300. The average Bonchev–Trinajstić information content (AvgIpc) is 3.34. The van der Waals surface area contributed by atoms with Crippen LogP contribution < -0.4 is 10.6 Å². The quantitative estimate of drug-likeness (QED) is 0.403. The van der Waals surface area contributed by atoms with Crippen molar-refractivity contribution in [2.45, 2.75) is 81.2 Å². The van der Waals surface area contributed by atoms with Crippen LogP contribution in [0, 0.1) is 0 Å². The number of nitrogens with one attached hydrogen (secondary N) is 2. The number of likely N-dealkylation sites (tertiary alicyclic amines) is 1. The molecule has 1 aliphatic heterocycles. The van der Waals surface area contributed by atoms with Crippen LogP contribution >= 0.6 is 0 Å². The third kappa shape index (κ3) is 5.99. The number of nitrogens with zero attached hydrogens (tertiary/aromatic N) is 2. The highest BCUT2D eigenvalue weighted by Crippen LogP contribution is 2.52. The fourth-order valence-electron chi connectivity index (χ4n) is 7.80. The predicted molar refractivity (Wildman–Crippen MR) is 170 cm³/mol. The second-order valence-electron chi connectivity index (χ2n) is 13.0. The van der Waals surface area contributed by atoms with Crippen LogP contribution in [0.25, 0.3) is 10.8 Å². The van der Waals surface area contributed by atoms with Crippen molar-refractivity contribution in [2.24, 2.45) is 0 Å². The predicted octanol–water partition coefficient (Wildman–Crippen LogP) is 5.52. The number of fused-ring (bicyclic) bond motifs is 3. The van der Waals surface area contributed by atoms with E-state index in [1.165, 1.54) is 12.0 Å². The van der Waals surface area contributed by atoms with Crippen LogP contribution in [-0.4, -0.2) is 66.9 Å². The van der Waals surface area contributed by atoms with Gasteiger partial charge in [0, 0.05) is 45.1 Å². The Balaban J connectivity index is 1.20. The minimum absolute atomic E-state index is 0.0335. The molecule has 43 heavy (non-hydrogen) atoms. The van der Waals surface area contributed by atoms with Crippen LogP contribution in [-0.2, 0) is 21.4 Å². The maximum Gasteiger partial charge on any atom is 0.315 e. The highest BCUT2D eigenvalue weighted by atomic mass is 16.2. The van der Waals surface area contributed by atoms with Crippen LogP contribution in [0.3, 0.4) is 0 Å². The molecule has 7 nitrogen and oxygen atoms in total. The molecule has 3 aliphatic rings. The zero-order valence-corrected chi connectivity index (χ0v) is 25.5.